The molecule has 0 aromatic carbocycles. The average Bonchev–Trinajstić information content (AvgIpc) is 2.30. The van der Waals surface area contributed by atoms with Gasteiger partial charge in [-0.05, 0) is 12.8 Å². The Balaban J connectivity index is 2.79. The molecule has 0 aliphatic heterocycles. The number of nitrogen functional groups attached to an aromatic ring is 1. The molecule has 0 aliphatic rings. The third-order valence-corrected chi connectivity index (χ3v) is 2.74. The van der Waals surface area contributed by atoms with Crippen molar-refractivity contribution in [1.29, 1.82) is 0 Å². The summed E-state index contributed by atoms with van der Waals surface area (Å²) in [5.74, 6) is 5.49. The lowest BCUT2D eigenvalue weighted by Crippen LogP contribution is -2.25. The van der Waals surface area contributed by atoms with Crippen molar-refractivity contribution in [3.63, 3.8) is 0 Å². The Kier molecular flexibility index (Phi) is 4.42. The zero-order valence-electron chi connectivity index (χ0n) is 9.79. The summed E-state index contributed by atoms with van der Waals surface area (Å²) in [6.07, 6.45) is 2.11. The zero-order valence-corrected chi connectivity index (χ0v) is 9.79. The largest absolute Gasteiger partial charge is 0.365 e. The third-order valence-electron chi connectivity index (χ3n) is 2.74. The summed E-state index contributed by atoms with van der Waals surface area (Å²) in [5.41, 5.74) is 2.28. The maximum Gasteiger partial charge on any atom is 0.239 e. The van der Waals surface area contributed by atoms with Gasteiger partial charge in [0.15, 0.2) is 11.6 Å². The molecule has 0 aliphatic carbocycles. The van der Waals surface area contributed by atoms with Crippen LogP contribution in [0.3, 0.4) is 0 Å². The third kappa shape index (κ3) is 3.03. The SMILES string of the molecule is CCC(C)C(C)Nc1nc(NN)ncc1F. The van der Waals surface area contributed by atoms with E-state index in [0.717, 1.165) is 12.6 Å². The lowest BCUT2D eigenvalue weighted by atomic mass is 10.0. The quantitative estimate of drug-likeness (QED) is 0.527. The van der Waals surface area contributed by atoms with Gasteiger partial charge in [0.1, 0.15) is 0 Å². The molecule has 6 heteroatoms. The molecular weight excluding hydrogens is 209 g/mol. The molecule has 16 heavy (non-hydrogen) atoms. The van der Waals surface area contributed by atoms with E-state index in [1.165, 1.54) is 0 Å². The molecule has 0 spiro atoms. The Hall–Kier alpha value is -1.43. The van der Waals surface area contributed by atoms with Crippen molar-refractivity contribution in [2.24, 2.45) is 11.8 Å². The number of hydrazine groups is 1. The minimum absolute atomic E-state index is 0.139. The Morgan fingerprint density at radius 2 is 2.19 bits per heavy atom. The number of aromatic nitrogens is 2. The molecule has 2 atom stereocenters. The summed E-state index contributed by atoms with van der Waals surface area (Å²) < 4.78 is 13.4. The average molecular weight is 227 g/mol. The Labute approximate surface area is 94.6 Å². The van der Waals surface area contributed by atoms with E-state index >= 15 is 0 Å². The van der Waals surface area contributed by atoms with Gasteiger partial charge in [0.05, 0.1) is 6.20 Å². The number of nitrogens with two attached hydrogens (primary N) is 1. The summed E-state index contributed by atoms with van der Waals surface area (Å²) in [7, 11) is 0. The number of rotatable bonds is 5. The van der Waals surface area contributed by atoms with Crippen molar-refractivity contribution < 1.29 is 4.39 Å². The molecule has 4 N–H and O–H groups in total. The van der Waals surface area contributed by atoms with Crippen molar-refractivity contribution in [3.8, 4) is 0 Å². The second kappa shape index (κ2) is 5.60. The number of anilines is 2. The highest BCUT2D eigenvalue weighted by Crippen LogP contribution is 2.16. The van der Waals surface area contributed by atoms with E-state index in [1.54, 1.807) is 0 Å². The number of nitrogens with one attached hydrogen (secondary N) is 2. The van der Waals surface area contributed by atoms with Crippen molar-refractivity contribution >= 4 is 11.8 Å². The van der Waals surface area contributed by atoms with Gasteiger partial charge in [-0.1, -0.05) is 20.3 Å². The van der Waals surface area contributed by atoms with Crippen molar-refractivity contribution in [1.82, 2.24) is 9.97 Å². The summed E-state index contributed by atoms with van der Waals surface area (Å²) in [5, 5.41) is 3.01. The van der Waals surface area contributed by atoms with E-state index in [9.17, 15) is 4.39 Å². The standard InChI is InChI=1S/C10H18FN5/c1-4-6(2)7(3)14-9-8(11)5-13-10(15-9)16-12/h5-7H,4,12H2,1-3H3,(H2,13,14,15,16). The van der Waals surface area contributed by atoms with Crippen LogP contribution in [0.4, 0.5) is 16.2 Å². The van der Waals surface area contributed by atoms with Crippen molar-refractivity contribution in [3.05, 3.63) is 12.0 Å². The maximum atomic E-state index is 13.4. The van der Waals surface area contributed by atoms with Crippen LogP contribution in [-0.4, -0.2) is 16.0 Å². The lowest BCUT2D eigenvalue weighted by molar-refractivity contribution is 0.489. The van der Waals surface area contributed by atoms with Crippen LogP contribution in [0.2, 0.25) is 0 Å². The highest BCUT2D eigenvalue weighted by molar-refractivity contribution is 5.41. The fraction of sp³-hybridized carbons (Fsp3) is 0.600. The van der Waals surface area contributed by atoms with Gasteiger partial charge >= 0.3 is 0 Å². The molecular formula is C10H18FN5. The first-order valence-electron chi connectivity index (χ1n) is 5.34. The molecule has 2 unspecified atom stereocenters. The van der Waals surface area contributed by atoms with Gasteiger partial charge in [-0.2, -0.15) is 4.98 Å². The molecule has 0 saturated carbocycles. The van der Waals surface area contributed by atoms with Crippen LogP contribution in [0.5, 0.6) is 0 Å². The van der Waals surface area contributed by atoms with E-state index in [2.05, 4.69) is 34.6 Å². The van der Waals surface area contributed by atoms with Crippen LogP contribution in [0.1, 0.15) is 27.2 Å². The summed E-state index contributed by atoms with van der Waals surface area (Å²) in [6.45, 7) is 6.18. The van der Waals surface area contributed by atoms with Gasteiger partial charge in [-0.15, -0.1) is 0 Å². The van der Waals surface area contributed by atoms with Gasteiger partial charge in [-0.3, -0.25) is 5.43 Å². The summed E-state index contributed by atoms with van der Waals surface area (Å²) in [4.78, 5) is 7.58. The Morgan fingerprint density at radius 3 is 2.75 bits per heavy atom. The monoisotopic (exact) mass is 227 g/mol. The van der Waals surface area contributed by atoms with Gasteiger partial charge in [0.25, 0.3) is 0 Å². The van der Waals surface area contributed by atoms with E-state index in [0.29, 0.717) is 5.92 Å². The van der Waals surface area contributed by atoms with Crippen LogP contribution < -0.4 is 16.6 Å². The summed E-state index contributed by atoms with van der Waals surface area (Å²) in [6, 6.07) is 0.139. The van der Waals surface area contributed by atoms with E-state index in [1.807, 2.05) is 6.92 Å². The smallest absolute Gasteiger partial charge is 0.239 e. The molecule has 5 nitrogen and oxygen atoms in total. The highest BCUT2D eigenvalue weighted by Gasteiger charge is 2.13. The maximum absolute atomic E-state index is 13.4. The Morgan fingerprint density at radius 1 is 1.50 bits per heavy atom. The van der Waals surface area contributed by atoms with E-state index in [-0.39, 0.29) is 17.8 Å². The number of halogens is 1. The lowest BCUT2D eigenvalue weighted by Gasteiger charge is -2.20. The van der Waals surface area contributed by atoms with Crippen molar-refractivity contribution in [2.75, 3.05) is 10.7 Å². The van der Waals surface area contributed by atoms with Crippen LogP contribution in [0.25, 0.3) is 0 Å². The first-order chi connectivity index (χ1) is 7.58. The summed E-state index contributed by atoms with van der Waals surface area (Å²) >= 11 is 0. The van der Waals surface area contributed by atoms with Crippen LogP contribution in [0, 0.1) is 11.7 Å². The van der Waals surface area contributed by atoms with Gasteiger partial charge < -0.3 is 5.32 Å². The molecule has 90 valence electrons. The Bertz CT molecular complexity index is 344. The zero-order chi connectivity index (χ0) is 12.1. The molecule has 1 rings (SSSR count). The second-order valence-electron chi connectivity index (χ2n) is 3.85. The highest BCUT2D eigenvalue weighted by atomic mass is 19.1. The molecule has 0 fully saturated rings. The molecule has 0 amide bonds. The first kappa shape index (κ1) is 12.6. The number of nitrogens with zero attached hydrogens (tertiary/aromatic N) is 2. The van der Waals surface area contributed by atoms with Crippen LogP contribution in [0.15, 0.2) is 6.20 Å². The van der Waals surface area contributed by atoms with E-state index < -0.39 is 5.82 Å². The predicted molar refractivity (Wildman–Crippen MR) is 62.3 cm³/mol. The minimum Gasteiger partial charge on any atom is -0.365 e. The molecule has 0 saturated heterocycles. The fourth-order valence-electron chi connectivity index (χ4n) is 1.25. The normalized spacial score (nSPS) is 14.3. The minimum atomic E-state index is -0.478. The van der Waals surface area contributed by atoms with Gasteiger partial charge in [-0.25, -0.2) is 15.2 Å². The number of hydrogen-bond acceptors (Lipinski definition) is 5. The molecule has 1 aromatic rings. The molecule has 0 bridgehead atoms. The fourth-order valence-corrected chi connectivity index (χ4v) is 1.25. The molecule has 0 radical (unpaired) electrons. The number of hydrogen-bond donors (Lipinski definition) is 3. The first-order valence-corrected chi connectivity index (χ1v) is 5.34. The van der Waals surface area contributed by atoms with Crippen LogP contribution >= 0.6 is 0 Å². The molecule has 1 aromatic heterocycles. The van der Waals surface area contributed by atoms with Gasteiger partial charge in [0.2, 0.25) is 5.95 Å². The van der Waals surface area contributed by atoms with Gasteiger partial charge in [0, 0.05) is 6.04 Å². The van der Waals surface area contributed by atoms with E-state index in [4.69, 9.17) is 5.84 Å². The second-order valence-corrected chi connectivity index (χ2v) is 3.85. The molecule has 1 heterocycles. The van der Waals surface area contributed by atoms with Crippen molar-refractivity contribution in [2.45, 2.75) is 33.2 Å². The topological polar surface area (TPSA) is 75.9 Å². The predicted octanol–water partition coefficient (Wildman–Crippen LogP) is 1.75. The van der Waals surface area contributed by atoms with Crippen LogP contribution in [-0.2, 0) is 0 Å².